The number of benzene rings is 1. The van der Waals surface area contributed by atoms with Crippen molar-refractivity contribution in [3.05, 3.63) is 29.3 Å². The fourth-order valence-corrected chi connectivity index (χ4v) is 3.02. The monoisotopic (exact) mass is 347 g/mol. The summed E-state index contributed by atoms with van der Waals surface area (Å²) >= 11 is 1.30. The maximum Gasteiger partial charge on any atom is 0.325 e. The minimum atomic E-state index is -0.281. The van der Waals surface area contributed by atoms with Gasteiger partial charge in [0.05, 0.1) is 7.11 Å². The molecule has 1 aromatic heterocycles. The molecule has 0 radical (unpaired) electrons. The van der Waals surface area contributed by atoms with E-state index < -0.39 is 0 Å². The summed E-state index contributed by atoms with van der Waals surface area (Å²) in [6, 6.07) is 7.06. The molecule has 1 N–H and O–H groups in total. The first-order valence-corrected chi connectivity index (χ1v) is 8.19. The number of carbonyl (C=O) groups is 2. The molecular weight excluding hydrogens is 330 g/mol. The minimum absolute atomic E-state index is 0.00981. The molecule has 0 saturated carbocycles. The molecule has 2 heterocycles. The summed E-state index contributed by atoms with van der Waals surface area (Å²) < 4.78 is 5.11. The van der Waals surface area contributed by atoms with Crippen LogP contribution in [0.1, 0.15) is 5.01 Å². The first-order chi connectivity index (χ1) is 11.6. The van der Waals surface area contributed by atoms with Crippen LogP contribution in [0.5, 0.6) is 5.75 Å². The molecule has 0 atom stereocenters. The molecule has 3 rings (SSSR count). The summed E-state index contributed by atoms with van der Waals surface area (Å²) in [5.74, 6) is 0.449. The number of nitrogens with one attached hydrogen (secondary N) is 1. The van der Waals surface area contributed by atoms with Gasteiger partial charge in [-0.25, -0.2) is 4.79 Å². The highest BCUT2D eigenvalue weighted by molar-refractivity contribution is 7.15. The van der Waals surface area contributed by atoms with Crippen molar-refractivity contribution in [1.82, 2.24) is 15.1 Å². The number of amides is 3. The van der Waals surface area contributed by atoms with Gasteiger partial charge in [-0.15, -0.1) is 10.2 Å². The smallest absolute Gasteiger partial charge is 0.325 e. The zero-order valence-electron chi connectivity index (χ0n) is 13.4. The van der Waals surface area contributed by atoms with Gasteiger partial charge in [-0.3, -0.25) is 15.0 Å². The van der Waals surface area contributed by atoms with Crippen LogP contribution in [0, 0.1) is 6.92 Å². The van der Waals surface area contributed by atoms with E-state index in [0.29, 0.717) is 18.2 Å². The molecular formula is C15H17N5O3S. The fraction of sp³-hybridized carbons (Fsp3) is 0.333. The SMILES string of the molecule is COc1ccc(N2CCN(CC(=O)Nc3nnc(C)s3)C2=O)cc1. The molecule has 1 aliphatic rings. The molecule has 1 aromatic carbocycles. The van der Waals surface area contributed by atoms with Crippen LogP contribution in [0.2, 0.25) is 0 Å². The Labute approximate surface area is 143 Å². The Kier molecular flexibility index (Phi) is 4.61. The summed E-state index contributed by atoms with van der Waals surface area (Å²) in [5.41, 5.74) is 0.781. The number of methoxy groups -OCH3 is 1. The zero-order valence-corrected chi connectivity index (χ0v) is 14.2. The summed E-state index contributed by atoms with van der Waals surface area (Å²) in [6.07, 6.45) is 0. The van der Waals surface area contributed by atoms with Crippen LogP contribution in [0.4, 0.5) is 15.6 Å². The molecule has 126 valence electrons. The number of hydrogen-bond acceptors (Lipinski definition) is 6. The minimum Gasteiger partial charge on any atom is -0.497 e. The van der Waals surface area contributed by atoms with Gasteiger partial charge < -0.3 is 9.64 Å². The molecule has 1 saturated heterocycles. The first kappa shape index (κ1) is 16.2. The summed E-state index contributed by atoms with van der Waals surface area (Å²) in [7, 11) is 1.59. The van der Waals surface area contributed by atoms with Crippen LogP contribution in [-0.4, -0.2) is 53.8 Å². The number of anilines is 2. The zero-order chi connectivity index (χ0) is 17.1. The molecule has 0 unspecified atom stereocenters. The van der Waals surface area contributed by atoms with E-state index in [1.54, 1.807) is 24.1 Å². The number of aryl methyl sites for hydroxylation is 1. The van der Waals surface area contributed by atoms with Gasteiger partial charge in [-0.05, 0) is 31.2 Å². The Morgan fingerprint density at radius 1 is 1.29 bits per heavy atom. The van der Waals surface area contributed by atoms with E-state index in [0.717, 1.165) is 16.4 Å². The fourth-order valence-electron chi connectivity index (χ4n) is 2.41. The maximum absolute atomic E-state index is 12.5. The number of hydrogen-bond donors (Lipinski definition) is 1. The highest BCUT2D eigenvalue weighted by atomic mass is 32.1. The van der Waals surface area contributed by atoms with Crippen LogP contribution >= 0.6 is 11.3 Å². The Balaban J connectivity index is 1.60. The van der Waals surface area contributed by atoms with Crippen molar-refractivity contribution >= 4 is 34.1 Å². The summed E-state index contributed by atoms with van der Waals surface area (Å²) in [4.78, 5) is 27.7. The quantitative estimate of drug-likeness (QED) is 0.890. The maximum atomic E-state index is 12.5. The third-order valence-electron chi connectivity index (χ3n) is 3.59. The van der Waals surface area contributed by atoms with E-state index in [1.165, 1.54) is 16.2 Å². The van der Waals surface area contributed by atoms with Crippen molar-refractivity contribution < 1.29 is 14.3 Å². The molecule has 0 spiro atoms. The van der Waals surface area contributed by atoms with Crippen LogP contribution in [0.25, 0.3) is 0 Å². The highest BCUT2D eigenvalue weighted by Gasteiger charge is 2.30. The predicted octanol–water partition coefficient (Wildman–Crippen LogP) is 1.74. The van der Waals surface area contributed by atoms with Gasteiger partial charge in [0.2, 0.25) is 11.0 Å². The molecule has 24 heavy (non-hydrogen) atoms. The molecule has 9 heteroatoms. The van der Waals surface area contributed by atoms with Crippen molar-refractivity contribution in [2.75, 3.05) is 37.0 Å². The van der Waals surface area contributed by atoms with Crippen LogP contribution in [0.3, 0.4) is 0 Å². The Morgan fingerprint density at radius 3 is 2.67 bits per heavy atom. The normalized spacial score (nSPS) is 14.2. The van der Waals surface area contributed by atoms with Gasteiger partial charge in [0.1, 0.15) is 17.3 Å². The standard InChI is InChI=1S/C15H17N5O3S/c1-10-17-18-14(24-10)16-13(21)9-19-7-8-20(15(19)22)11-3-5-12(23-2)6-4-11/h3-6H,7-9H2,1-2H3,(H,16,18,21). The lowest BCUT2D eigenvalue weighted by Crippen LogP contribution is -2.37. The van der Waals surface area contributed by atoms with Crippen molar-refractivity contribution in [2.45, 2.75) is 6.92 Å². The van der Waals surface area contributed by atoms with E-state index in [-0.39, 0.29) is 18.5 Å². The van der Waals surface area contributed by atoms with Crippen LogP contribution in [-0.2, 0) is 4.79 Å². The third kappa shape index (κ3) is 3.46. The van der Waals surface area contributed by atoms with E-state index in [4.69, 9.17) is 4.74 Å². The van der Waals surface area contributed by atoms with Crippen molar-refractivity contribution in [2.24, 2.45) is 0 Å². The van der Waals surface area contributed by atoms with Gasteiger partial charge in [0.25, 0.3) is 0 Å². The highest BCUT2D eigenvalue weighted by Crippen LogP contribution is 2.23. The second kappa shape index (κ2) is 6.83. The topological polar surface area (TPSA) is 87.7 Å². The van der Waals surface area contributed by atoms with Gasteiger partial charge in [0, 0.05) is 18.8 Å². The number of ether oxygens (including phenoxy) is 1. The largest absolute Gasteiger partial charge is 0.497 e. The Bertz CT molecular complexity index is 746. The lowest BCUT2D eigenvalue weighted by Gasteiger charge is -2.18. The summed E-state index contributed by atoms with van der Waals surface area (Å²) in [5, 5.41) is 11.5. The number of urea groups is 1. The predicted molar refractivity (Wildman–Crippen MR) is 90.6 cm³/mol. The van der Waals surface area contributed by atoms with Gasteiger partial charge >= 0.3 is 6.03 Å². The second-order valence-electron chi connectivity index (χ2n) is 5.23. The molecule has 3 amide bonds. The number of nitrogens with zero attached hydrogens (tertiary/aromatic N) is 4. The lowest BCUT2D eigenvalue weighted by molar-refractivity contribution is -0.116. The van der Waals surface area contributed by atoms with Crippen molar-refractivity contribution in [1.29, 1.82) is 0 Å². The van der Waals surface area contributed by atoms with Gasteiger partial charge in [-0.2, -0.15) is 0 Å². The van der Waals surface area contributed by atoms with Crippen LogP contribution < -0.4 is 15.0 Å². The Morgan fingerprint density at radius 2 is 2.04 bits per heavy atom. The molecule has 8 nitrogen and oxygen atoms in total. The number of carbonyl (C=O) groups excluding carboxylic acids is 2. The lowest BCUT2D eigenvalue weighted by atomic mass is 10.3. The second-order valence-corrected chi connectivity index (χ2v) is 6.41. The third-order valence-corrected chi connectivity index (χ3v) is 4.34. The summed E-state index contributed by atoms with van der Waals surface area (Å²) in [6.45, 7) is 2.83. The molecule has 0 bridgehead atoms. The first-order valence-electron chi connectivity index (χ1n) is 7.37. The van der Waals surface area contributed by atoms with Crippen molar-refractivity contribution in [3.8, 4) is 5.75 Å². The number of rotatable bonds is 5. The van der Waals surface area contributed by atoms with E-state index in [2.05, 4.69) is 15.5 Å². The van der Waals surface area contributed by atoms with E-state index >= 15 is 0 Å². The molecule has 2 aromatic rings. The van der Waals surface area contributed by atoms with Crippen LogP contribution in [0.15, 0.2) is 24.3 Å². The van der Waals surface area contributed by atoms with E-state index in [9.17, 15) is 9.59 Å². The number of aromatic nitrogens is 2. The molecule has 0 aliphatic carbocycles. The molecule has 1 fully saturated rings. The van der Waals surface area contributed by atoms with Crippen molar-refractivity contribution in [3.63, 3.8) is 0 Å². The average Bonchev–Trinajstić information content (AvgIpc) is 3.14. The van der Waals surface area contributed by atoms with Gasteiger partial charge in [0.15, 0.2) is 0 Å². The van der Waals surface area contributed by atoms with Gasteiger partial charge in [-0.1, -0.05) is 11.3 Å². The van der Waals surface area contributed by atoms with E-state index in [1.807, 2.05) is 19.1 Å². The molecule has 1 aliphatic heterocycles. The average molecular weight is 347 g/mol. The Hall–Kier alpha value is -2.68.